The number of amides is 1. The third kappa shape index (κ3) is 6.46. The van der Waals surface area contributed by atoms with Crippen molar-refractivity contribution in [1.82, 2.24) is 10.4 Å². The smallest absolute Gasteiger partial charge is 0.343 e. The largest absolute Gasteiger partial charge is 0.490 e. The van der Waals surface area contributed by atoms with Crippen LogP contribution in [0, 0.1) is 0 Å². The van der Waals surface area contributed by atoms with Crippen molar-refractivity contribution in [2.24, 2.45) is 5.10 Å². The highest BCUT2D eigenvalue weighted by Crippen LogP contribution is 2.37. The lowest BCUT2D eigenvalue weighted by Crippen LogP contribution is -2.18. The van der Waals surface area contributed by atoms with Gasteiger partial charge in [-0.25, -0.2) is 10.2 Å². The molecule has 4 aromatic carbocycles. The van der Waals surface area contributed by atoms with Crippen molar-refractivity contribution in [2.75, 3.05) is 6.61 Å². The van der Waals surface area contributed by atoms with E-state index >= 15 is 0 Å². The van der Waals surface area contributed by atoms with Crippen LogP contribution in [-0.2, 0) is 0 Å². The van der Waals surface area contributed by atoms with E-state index in [2.05, 4.69) is 31.4 Å². The van der Waals surface area contributed by atoms with E-state index in [1.807, 2.05) is 43.3 Å². The molecule has 0 radical (unpaired) electrons. The number of benzene rings is 4. The van der Waals surface area contributed by atoms with Gasteiger partial charge in [0.1, 0.15) is 5.69 Å². The maximum atomic E-state index is 13.3. The van der Waals surface area contributed by atoms with Crippen LogP contribution in [0.5, 0.6) is 11.5 Å². The second-order valence-corrected chi connectivity index (χ2v) is 10.5. The fourth-order valence-corrected chi connectivity index (χ4v) is 5.20. The number of aromatic amines is 1. The van der Waals surface area contributed by atoms with Gasteiger partial charge < -0.3 is 14.5 Å². The van der Waals surface area contributed by atoms with Crippen LogP contribution < -0.4 is 14.9 Å². The Hall–Kier alpha value is -4.11. The Morgan fingerprint density at radius 3 is 2.46 bits per heavy atom. The Morgan fingerprint density at radius 2 is 1.73 bits per heavy atom. The van der Waals surface area contributed by atoms with E-state index in [4.69, 9.17) is 32.7 Å². The van der Waals surface area contributed by atoms with Crippen molar-refractivity contribution in [2.45, 2.75) is 6.92 Å². The molecule has 41 heavy (non-hydrogen) atoms. The van der Waals surface area contributed by atoms with Crippen LogP contribution >= 0.6 is 39.1 Å². The fraction of sp³-hybridized carbons (Fsp3) is 0.0645. The molecule has 5 aromatic rings. The van der Waals surface area contributed by atoms with Crippen molar-refractivity contribution < 1.29 is 19.1 Å². The summed E-state index contributed by atoms with van der Waals surface area (Å²) in [6, 6.07) is 24.6. The average molecular weight is 651 g/mol. The lowest BCUT2D eigenvalue weighted by Gasteiger charge is -2.11. The summed E-state index contributed by atoms with van der Waals surface area (Å²) in [4.78, 5) is 29.0. The van der Waals surface area contributed by atoms with E-state index in [0.29, 0.717) is 50.3 Å². The van der Waals surface area contributed by atoms with Crippen LogP contribution in [0.1, 0.15) is 33.3 Å². The van der Waals surface area contributed by atoms with Gasteiger partial charge in [-0.2, -0.15) is 5.10 Å². The van der Waals surface area contributed by atoms with E-state index in [0.717, 1.165) is 15.4 Å². The summed E-state index contributed by atoms with van der Waals surface area (Å²) in [5, 5.41) is 5.95. The minimum absolute atomic E-state index is 0.251. The number of nitrogens with one attached hydrogen (secondary N) is 2. The number of nitrogens with zero attached hydrogens (tertiary/aromatic N) is 1. The third-order valence-electron chi connectivity index (χ3n) is 6.04. The summed E-state index contributed by atoms with van der Waals surface area (Å²) >= 11 is 15.9. The third-order valence-corrected chi connectivity index (χ3v) is 7.05. The predicted molar refractivity (Wildman–Crippen MR) is 166 cm³/mol. The minimum atomic E-state index is -0.545. The molecule has 0 atom stereocenters. The highest BCUT2D eigenvalue weighted by molar-refractivity contribution is 9.10. The fourth-order valence-electron chi connectivity index (χ4n) is 4.22. The quantitative estimate of drug-likeness (QED) is 0.0765. The first kappa shape index (κ1) is 28.4. The van der Waals surface area contributed by atoms with E-state index in [1.54, 1.807) is 48.5 Å². The Bertz CT molecular complexity index is 1770. The molecule has 206 valence electrons. The number of rotatable bonds is 8. The summed E-state index contributed by atoms with van der Waals surface area (Å²) in [6.07, 6.45) is 1.47. The maximum absolute atomic E-state index is 13.3. The van der Waals surface area contributed by atoms with E-state index in [9.17, 15) is 9.59 Å². The molecule has 0 aliphatic carbocycles. The number of halogens is 3. The number of fused-ring (bicyclic) bond motifs is 1. The molecule has 1 aromatic heterocycles. The Morgan fingerprint density at radius 1 is 0.976 bits per heavy atom. The average Bonchev–Trinajstić information content (AvgIpc) is 3.35. The highest BCUT2D eigenvalue weighted by atomic mass is 79.9. The molecule has 7 nitrogen and oxygen atoms in total. The van der Waals surface area contributed by atoms with Crippen molar-refractivity contribution in [3.05, 3.63) is 116 Å². The van der Waals surface area contributed by atoms with Gasteiger partial charge >= 0.3 is 5.97 Å². The van der Waals surface area contributed by atoms with E-state index in [1.165, 1.54) is 6.21 Å². The van der Waals surface area contributed by atoms with Crippen molar-refractivity contribution in [3.63, 3.8) is 0 Å². The van der Waals surface area contributed by atoms with Crippen LogP contribution in [0.4, 0.5) is 0 Å². The number of esters is 1. The summed E-state index contributed by atoms with van der Waals surface area (Å²) in [5.41, 5.74) is 6.09. The summed E-state index contributed by atoms with van der Waals surface area (Å²) in [7, 11) is 0. The number of hydrogen-bond donors (Lipinski definition) is 2. The van der Waals surface area contributed by atoms with Crippen molar-refractivity contribution in [1.29, 1.82) is 0 Å². The summed E-state index contributed by atoms with van der Waals surface area (Å²) < 4.78 is 12.0. The van der Waals surface area contributed by atoms with Crippen LogP contribution in [0.25, 0.3) is 22.0 Å². The van der Waals surface area contributed by atoms with Gasteiger partial charge in [0, 0.05) is 20.4 Å². The van der Waals surface area contributed by atoms with Gasteiger partial charge in [0.15, 0.2) is 11.5 Å². The topological polar surface area (TPSA) is 92.8 Å². The molecule has 2 N–H and O–H groups in total. The number of carbonyl (C=O) groups is 2. The first-order chi connectivity index (χ1) is 19.8. The highest BCUT2D eigenvalue weighted by Gasteiger charge is 2.21. The van der Waals surface area contributed by atoms with Gasteiger partial charge in [-0.05, 0) is 72.6 Å². The first-order valence-electron chi connectivity index (χ1n) is 12.5. The Kier molecular flexibility index (Phi) is 8.73. The number of aromatic nitrogens is 1. The van der Waals surface area contributed by atoms with E-state index in [-0.39, 0.29) is 5.75 Å². The zero-order valence-corrected chi connectivity index (χ0v) is 24.7. The molecule has 5 rings (SSSR count). The van der Waals surface area contributed by atoms with Crippen LogP contribution in [-0.4, -0.2) is 29.7 Å². The van der Waals surface area contributed by atoms with Crippen molar-refractivity contribution >= 4 is 68.1 Å². The molecular weight excluding hydrogens is 629 g/mol. The van der Waals surface area contributed by atoms with Crippen LogP contribution in [0.15, 0.2) is 94.5 Å². The van der Waals surface area contributed by atoms with Gasteiger partial charge in [0.25, 0.3) is 5.91 Å². The number of hydrazone groups is 1. The summed E-state index contributed by atoms with van der Waals surface area (Å²) in [6.45, 7) is 2.17. The van der Waals surface area contributed by atoms with Crippen molar-refractivity contribution in [3.8, 4) is 22.6 Å². The van der Waals surface area contributed by atoms with Gasteiger partial charge in [0.05, 0.1) is 28.9 Å². The second-order valence-electron chi connectivity index (χ2n) is 8.79. The molecule has 0 spiro atoms. The molecule has 0 fully saturated rings. The Labute approximate surface area is 254 Å². The zero-order valence-electron chi connectivity index (χ0n) is 21.6. The van der Waals surface area contributed by atoms with Crippen LogP contribution in [0.3, 0.4) is 0 Å². The molecule has 0 bridgehead atoms. The van der Waals surface area contributed by atoms with Gasteiger partial charge in [-0.15, -0.1) is 0 Å². The molecule has 10 heteroatoms. The minimum Gasteiger partial charge on any atom is -0.490 e. The molecule has 1 amide bonds. The van der Waals surface area contributed by atoms with Crippen LogP contribution in [0.2, 0.25) is 10.0 Å². The molecule has 1 heterocycles. The number of carbonyl (C=O) groups excluding carboxylic acids is 2. The molecule has 0 saturated carbocycles. The first-order valence-corrected chi connectivity index (χ1v) is 14.0. The Balaban J connectivity index is 1.37. The van der Waals surface area contributed by atoms with Gasteiger partial charge in [-0.1, -0.05) is 69.5 Å². The summed E-state index contributed by atoms with van der Waals surface area (Å²) in [5.74, 6) is -0.382. The lowest BCUT2D eigenvalue weighted by molar-refractivity contribution is 0.0728. The molecule has 0 aliphatic rings. The normalized spacial score (nSPS) is 11.1. The maximum Gasteiger partial charge on any atom is 0.343 e. The van der Waals surface area contributed by atoms with Gasteiger partial charge in [-0.3, -0.25) is 4.79 Å². The lowest BCUT2D eigenvalue weighted by atomic mass is 10.0. The number of H-pyrrole nitrogens is 1. The number of ether oxygens (including phenoxy) is 2. The van der Waals surface area contributed by atoms with E-state index < -0.39 is 11.9 Å². The second kappa shape index (κ2) is 12.6. The molecular formula is C31H22BrCl2N3O4. The molecule has 0 saturated heterocycles. The zero-order chi connectivity index (χ0) is 28.9. The molecule has 0 aliphatic heterocycles. The monoisotopic (exact) mass is 649 g/mol. The SMILES string of the molecule is CCOc1cc(C=NNC(=O)c2[nH]c3c(Cl)cc(Br)cc3c2-c2ccccc2)ccc1OC(=O)c1ccc(Cl)cc1. The van der Waals surface area contributed by atoms with Gasteiger partial charge in [0.2, 0.25) is 0 Å². The predicted octanol–water partition coefficient (Wildman–Crippen LogP) is 8.29. The standard InChI is InChI=1S/C31H22BrCl2N3O4/c1-2-40-26-14-18(8-13-25(26)41-31(39)20-9-11-22(33)12-10-20)17-35-37-30(38)29-27(19-6-4-3-5-7-19)23-15-21(32)16-24(34)28(23)36-29/h3-17,36H,2H2,1H3,(H,37,38). The number of hydrogen-bond acceptors (Lipinski definition) is 5. The molecule has 0 unspecified atom stereocenters.